The van der Waals surface area contributed by atoms with Gasteiger partial charge >= 0.3 is 0 Å². The molecule has 0 aliphatic heterocycles. The predicted molar refractivity (Wildman–Crippen MR) is 147 cm³/mol. The van der Waals surface area contributed by atoms with Gasteiger partial charge in [-0.1, -0.05) is 101 Å². The second-order valence-corrected chi connectivity index (χ2v) is 10.9. The van der Waals surface area contributed by atoms with Crippen molar-refractivity contribution in [2.75, 3.05) is 0 Å². The molecule has 2 aromatic carbocycles. The topological polar surface area (TPSA) is 0 Å². The Morgan fingerprint density at radius 1 is 0.636 bits per heavy atom. The van der Waals surface area contributed by atoms with Crippen molar-refractivity contribution in [2.45, 2.75) is 136 Å². The minimum atomic E-state index is 0.838. The van der Waals surface area contributed by atoms with Crippen molar-refractivity contribution in [3.63, 3.8) is 0 Å². The Hall–Kier alpha value is -1.56. The Kier molecular flexibility index (Phi) is 11.6. The molecule has 0 atom stereocenters. The fourth-order valence-electron chi connectivity index (χ4n) is 5.83. The van der Waals surface area contributed by atoms with Crippen LogP contribution in [0.2, 0.25) is 0 Å². The van der Waals surface area contributed by atoms with Gasteiger partial charge < -0.3 is 0 Å². The highest BCUT2D eigenvalue weighted by Crippen LogP contribution is 2.34. The summed E-state index contributed by atoms with van der Waals surface area (Å²) in [5.41, 5.74) is 9.37. The molecule has 0 N–H and O–H groups in total. The molecule has 1 saturated carbocycles. The van der Waals surface area contributed by atoms with Crippen molar-refractivity contribution in [3.05, 3.63) is 69.8 Å². The van der Waals surface area contributed by atoms with Gasteiger partial charge in [-0.15, -0.1) is 0 Å². The summed E-state index contributed by atoms with van der Waals surface area (Å²) in [6.07, 6.45) is 23.2. The average molecular weight is 447 g/mol. The molecule has 0 spiro atoms. The first kappa shape index (κ1) is 26.1. The van der Waals surface area contributed by atoms with E-state index in [-0.39, 0.29) is 0 Å². The molecule has 0 heterocycles. The Morgan fingerprint density at radius 2 is 1.18 bits per heavy atom. The second kappa shape index (κ2) is 14.6. The highest BCUT2D eigenvalue weighted by atomic mass is 14.2. The van der Waals surface area contributed by atoms with Crippen molar-refractivity contribution in [1.29, 1.82) is 0 Å². The van der Waals surface area contributed by atoms with Gasteiger partial charge in [-0.2, -0.15) is 0 Å². The Morgan fingerprint density at radius 3 is 1.82 bits per heavy atom. The number of hydrogen-bond acceptors (Lipinski definition) is 0. The maximum atomic E-state index is 2.51. The minimum Gasteiger partial charge on any atom is -0.0654 e. The van der Waals surface area contributed by atoms with Gasteiger partial charge in [-0.25, -0.2) is 0 Å². The minimum absolute atomic E-state index is 0.838. The maximum absolute atomic E-state index is 2.51. The van der Waals surface area contributed by atoms with Gasteiger partial charge in [0.05, 0.1) is 0 Å². The van der Waals surface area contributed by atoms with Crippen LogP contribution in [0.4, 0.5) is 0 Å². The van der Waals surface area contributed by atoms with Gasteiger partial charge in [-0.3, -0.25) is 0 Å². The zero-order chi connectivity index (χ0) is 23.3. The molecule has 2 aromatic rings. The van der Waals surface area contributed by atoms with Crippen molar-refractivity contribution < 1.29 is 0 Å². The summed E-state index contributed by atoms with van der Waals surface area (Å²) in [5.74, 6) is 0.838. The highest BCUT2D eigenvalue weighted by molar-refractivity contribution is 5.37. The van der Waals surface area contributed by atoms with E-state index >= 15 is 0 Å². The van der Waals surface area contributed by atoms with E-state index in [1.165, 1.54) is 120 Å². The van der Waals surface area contributed by atoms with E-state index in [1.807, 2.05) is 0 Å². The lowest BCUT2D eigenvalue weighted by Gasteiger charge is -2.13. The quantitative estimate of drug-likeness (QED) is 0.239. The summed E-state index contributed by atoms with van der Waals surface area (Å²) < 4.78 is 0. The first-order chi connectivity index (χ1) is 16.2. The van der Waals surface area contributed by atoms with Crippen LogP contribution in [0.3, 0.4) is 0 Å². The van der Waals surface area contributed by atoms with Crippen LogP contribution in [0, 0.1) is 13.8 Å². The van der Waals surface area contributed by atoms with Gasteiger partial charge in [0.2, 0.25) is 0 Å². The molecule has 0 bridgehead atoms. The van der Waals surface area contributed by atoms with Gasteiger partial charge in [0, 0.05) is 0 Å². The third-order valence-corrected chi connectivity index (χ3v) is 8.03. The number of unbranched alkanes of at least 4 members (excludes halogenated alkanes) is 8. The standard InChI is InChI=1S/C33H50/c1-4-5-6-7-8-9-12-21-31-24-28(3)32(25-27(31)2)22-13-10-11-17-29-18-16-23-33(26-29)30-19-14-15-20-30/h16,18,23-26,30H,4-15,17,19-22H2,1-3H3. The van der Waals surface area contributed by atoms with Crippen LogP contribution < -0.4 is 0 Å². The maximum Gasteiger partial charge on any atom is -0.0162 e. The molecule has 0 saturated heterocycles. The van der Waals surface area contributed by atoms with Crippen LogP contribution in [-0.4, -0.2) is 0 Å². The van der Waals surface area contributed by atoms with Crippen molar-refractivity contribution in [2.24, 2.45) is 0 Å². The lowest BCUT2D eigenvalue weighted by atomic mass is 9.93. The van der Waals surface area contributed by atoms with E-state index < -0.39 is 0 Å². The fourth-order valence-corrected chi connectivity index (χ4v) is 5.83. The van der Waals surface area contributed by atoms with Crippen molar-refractivity contribution >= 4 is 0 Å². The number of rotatable bonds is 15. The number of aryl methyl sites for hydroxylation is 5. The monoisotopic (exact) mass is 446 g/mol. The van der Waals surface area contributed by atoms with Gasteiger partial charge in [0.1, 0.15) is 0 Å². The summed E-state index contributed by atoms with van der Waals surface area (Å²) >= 11 is 0. The van der Waals surface area contributed by atoms with Crippen molar-refractivity contribution in [3.8, 4) is 0 Å². The van der Waals surface area contributed by atoms with Crippen LogP contribution >= 0.6 is 0 Å². The van der Waals surface area contributed by atoms with Crippen molar-refractivity contribution in [1.82, 2.24) is 0 Å². The molecule has 0 aromatic heterocycles. The molecule has 0 radical (unpaired) electrons. The molecular formula is C33H50. The Balaban J connectivity index is 1.35. The molecule has 33 heavy (non-hydrogen) atoms. The summed E-state index contributed by atoms with van der Waals surface area (Å²) in [5, 5.41) is 0. The highest BCUT2D eigenvalue weighted by Gasteiger charge is 2.16. The largest absolute Gasteiger partial charge is 0.0654 e. The van der Waals surface area contributed by atoms with Crippen LogP contribution in [0.25, 0.3) is 0 Å². The van der Waals surface area contributed by atoms with E-state index in [1.54, 1.807) is 22.3 Å². The summed E-state index contributed by atoms with van der Waals surface area (Å²) in [6.45, 7) is 6.96. The van der Waals surface area contributed by atoms with Gasteiger partial charge in [-0.05, 0) is 105 Å². The fraction of sp³-hybridized carbons (Fsp3) is 0.636. The van der Waals surface area contributed by atoms with E-state index in [2.05, 4.69) is 57.2 Å². The molecule has 182 valence electrons. The number of benzene rings is 2. The van der Waals surface area contributed by atoms with Crippen LogP contribution in [0.5, 0.6) is 0 Å². The lowest BCUT2D eigenvalue weighted by Crippen LogP contribution is -1.98. The summed E-state index contributed by atoms with van der Waals surface area (Å²) in [4.78, 5) is 0. The van der Waals surface area contributed by atoms with Crippen LogP contribution in [0.1, 0.15) is 136 Å². The lowest BCUT2D eigenvalue weighted by molar-refractivity contribution is 0.589. The zero-order valence-corrected chi connectivity index (χ0v) is 22.1. The SMILES string of the molecule is CCCCCCCCCc1cc(C)c(CCCCCc2cccc(C3CCCC3)c2)cc1C. The smallest absolute Gasteiger partial charge is 0.0162 e. The molecule has 0 amide bonds. The molecule has 1 aliphatic carbocycles. The molecular weight excluding hydrogens is 396 g/mol. The van der Waals surface area contributed by atoms with Crippen LogP contribution in [-0.2, 0) is 19.3 Å². The van der Waals surface area contributed by atoms with E-state index in [0.29, 0.717) is 0 Å². The number of hydrogen-bond donors (Lipinski definition) is 0. The van der Waals surface area contributed by atoms with Gasteiger partial charge in [0.25, 0.3) is 0 Å². The average Bonchev–Trinajstić information content (AvgIpc) is 3.36. The molecule has 1 aliphatic rings. The Labute approximate surface area is 205 Å². The molecule has 0 unspecified atom stereocenters. The van der Waals surface area contributed by atoms with Crippen LogP contribution in [0.15, 0.2) is 36.4 Å². The molecule has 0 heteroatoms. The molecule has 1 fully saturated rings. The zero-order valence-electron chi connectivity index (χ0n) is 22.1. The van der Waals surface area contributed by atoms with E-state index in [9.17, 15) is 0 Å². The Bertz CT molecular complexity index is 809. The summed E-state index contributed by atoms with van der Waals surface area (Å²) in [7, 11) is 0. The first-order valence-corrected chi connectivity index (χ1v) is 14.3. The van der Waals surface area contributed by atoms with E-state index in [0.717, 1.165) is 5.92 Å². The third-order valence-electron chi connectivity index (χ3n) is 8.03. The molecule has 3 rings (SSSR count). The van der Waals surface area contributed by atoms with E-state index in [4.69, 9.17) is 0 Å². The van der Waals surface area contributed by atoms with Gasteiger partial charge in [0.15, 0.2) is 0 Å². The third kappa shape index (κ3) is 8.95. The first-order valence-electron chi connectivity index (χ1n) is 14.3. The summed E-state index contributed by atoms with van der Waals surface area (Å²) in [6, 6.07) is 14.5. The normalized spacial score (nSPS) is 14.3. The second-order valence-electron chi connectivity index (χ2n) is 10.9. The predicted octanol–water partition coefficient (Wildman–Crippen LogP) is 10.2. The molecule has 0 nitrogen and oxygen atoms in total.